The number of anilines is 2. The van der Waals surface area contributed by atoms with Gasteiger partial charge in [-0.15, -0.1) is 0 Å². The lowest BCUT2D eigenvalue weighted by Gasteiger charge is -1.95. The van der Waals surface area contributed by atoms with Crippen LogP contribution in [0.1, 0.15) is 6.92 Å². The second kappa shape index (κ2) is 2.47. The number of nitrogens with two attached hydrogens (primary N) is 2. The van der Waals surface area contributed by atoms with E-state index in [2.05, 4.69) is 9.97 Å². The Morgan fingerprint density at radius 1 is 1.60 bits per heavy atom. The normalized spacial score (nSPS) is 9.70. The number of H-pyrrole nitrogens is 1. The average molecular weight is 142 g/mol. The molecule has 0 unspecified atom stereocenters. The van der Waals surface area contributed by atoms with E-state index in [-0.39, 0.29) is 5.95 Å². The van der Waals surface area contributed by atoms with Crippen molar-refractivity contribution in [3.8, 4) is 5.88 Å². The number of nitrogens with one attached hydrogen (secondary N) is 1. The van der Waals surface area contributed by atoms with Crippen LogP contribution >= 0.6 is 0 Å². The number of nitrogens with zero attached hydrogens (tertiary/aromatic N) is 1. The van der Waals surface area contributed by atoms with Crippen LogP contribution in [0.3, 0.4) is 0 Å². The van der Waals surface area contributed by atoms with Crippen LogP contribution in [0.15, 0.2) is 0 Å². The van der Waals surface area contributed by atoms with Gasteiger partial charge in [0, 0.05) is 0 Å². The average Bonchev–Trinajstić information content (AvgIpc) is 2.13. The van der Waals surface area contributed by atoms with Crippen molar-refractivity contribution in [1.29, 1.82) is 0 Å². The summed E-state index contributed by atoms with van der Waals surface area (Å²) in [6.45, 7) is 2.39. The van der Waals surface area contributed by atoms with Crippen LogP contribution in [0.4, 0.5) is 11.8 Å². The molecule has 0 atom stereocenters. The Morgan fingerprint density at radius 3 is 2.70 bits per heavy atom. The predicted octanol–water partition coefficient (Wildman–Crippen LogP) is -0.0272. The topological polar surface area (TPSA) is 90.0 Å². The summed E-state index contributed by atoms with van der Waals surface area (Å²) in [5, 5.41) is 0. The number of hydrogen-bond acceptors (Lipinski definition) is 4. The summed E-state index contributed by atoms with van der Waals surface area (Å²) in [7, 11) is 0. The Balaban J connectivity index is 2.81. The van der Waals surface area contributed by atoms with Crippen molar-refractivity contribution in [1.82, 2.24) is 9.97 Å². The third kappa shape index (κ3) is 1.12. The van der Waals surface area contributed by atoms with Gasteiger partial charge in [-0.25, -0.2) is 0 Å². The smallest absolute Gasteiger partial charge is 0.258 e. The molecule has 0 aliphatic carbocycles. The van der Waals surface area contributed by atoms with E-state index in [1.54, 1.807) is 0 Å². The molecule has 56 valence electrons. The summed E-state index contributed by atoms with van der Waals surface area (Å²) in [5.74, 6) is 1.03. The lowest BCUT2D eigenvalue weighted by molar-refractivity contribution is 0.330. The zero-order valence-corrected chi connectivity index (χ0v) is 5.72. The molecule has 1 rings (SSSR count). The lowest BCUT2D eigenvalue weighted by Crippen LogP contribution is -1.95. The Labute approximate surface area is 58.4 Å². The van der Waals surface area contributed by atoms with Gasteiger partial charge in [-0.1, -0.05) is 0 Å². The quantitative estimate of drug-likeness (QED) is 0.541. The fourth-order valence-electron chi connectivity index (χ4n) is 0.636. The second-order valence-electron chi connectivity index (χ2n) is 1.77. The van der Waals surface area contributed by atoms with Crippen molar-refractivity contribution in [3.63, 3.8) is 0 Å². The van der Waals surface area contributed by atoms with E-state index in [9.17, 15) is 0 Å². The number of rotatable bonds is 2. The van der Waals surface area contributed by atoms with Crippen LogP contribution in [-0.2, 0) is 0 Å². The van der Waals surface area contributed by atoms with Gasteiger partial charge in [0.25, 0.3) is 5.88 Å². The second-order valence-corrected chi connectivity index (χ2v) is 1.77. The maximum Gasteiger partial charge on any atom is 0.258 e. The van der Waals surface area contributed by atoms with E-state index in [4.69, 9.17) is 16.2 Å². The molecule has 10 heavy (non-hydrogen) atoms. The van der Waals surface area contributed by atoms with Crippen molar-refractivity contribution in [3.05, 3.63) is 0 Å². The molecule has 5 N–H and O–H groups in total. The minimum atomic E-state index is 0.279. The zero-order chi connectivity index (χ0) is 7.56. The van der Waals surface area contributed by atoms with Gasteiger partial charge in [0.05, 0.1) is 6.61 Å². The summed E-state index contributed by atoms with van der Waals surface area (Å²) < 4.78 is 5.01. The molecule has 0 amide bonds. The van der Waals surface area contributed by atoms with Gasteiger partial charge in [-0.05, 0) is 6.92 Å². The first-order chi connectivity index (χ1) is 4.74. The van der Waals surface area contributed by atoms with Gasteiger partial charge in [-0.2, -0.15) is 4.98 Å². The summed E-state index contributed by atoms with van der Waals surface area (Å²) >= 11 is 0. The summed E-state index contributed by atoms with van der Waals surface area (Å²) in [4.78, 5) is 6.39. The highest BCUT2D eigenvalue weighted by atomic mass is 16.5. The van der Waals surface area contributed by atoms with Crippen molar-refractivity contribution in [2.45, 2.75) is 6.92 Å². The maximum atomic E-state index is 5.40. The van der Waals surface area contributed by atoms with E-state index >= 15 is 0 Å². The Kier molecular flexibility index (Phi) is 1.66. The van der Waals surface area contributed by atoms with E-state index in [1.165, 1.54) is 0 Å². The molecule has 0 aliphatic heterocycles. The number of aromatic nitrogens is 2. The molecular weight excluding hydrogens is 132 g/mol. The third-order valence-electron chi connectivity index (χ3n) is 0.996. The summed E-state index contributed by atoms with van der Waals surface area (Å²) in [5.41, 5.74) is 10.7. The molecule has 0 saturated heterocycles. The van der Waals surface area contributed by atoms with E-state index in [0.29, 0.717) is 18.3 Å². The van der Waals surface area contributed by atoms with Gasteiger partial charge in [0.1, 0.15) is 0 Å². The van der Waals surface area contributed by atoms with Gasteiger partial charge in [0.2, 0.25) is 5.95 Å². The first kappa shape index (κ1) is 6.73. The van der Waals surface area contributed by atoms with Crippen molar-refractivity contribution in [2.75, 3.05) is 18.1 Å². The molecule has 0 radical (unpaired) electrons. The minimum absolute atomic E-state index is 0.279. The van der Waals surface area contributed by atoms with E-state index < -0.39 is 0 Å². The van der Waals surface area contributed by atoms with Gasteiger partial charge >= 0.3 is 0 Å². The first-order valence-electron chi connectivity index (χ1n) is 2.97. The SMILES string of the molecule is CCOc1nc(N)[nH]c1N. The lowest BCUT2D eigenvalue weighted by atomic mass is 10.7. The highest BCUT2D eigenvalue weighted by Crippen LogP contribution is 2.17. The molecule has 0 aromatic carbocycles. The molecule has 0 spiro atoms. The van der Waals surface area contributed by atoms with Crippen molar-refractivity contribution >= 4 is 11.8 Å². The van der Waals surface area contributed by atoms with Crippen LogP contribution < -0.4 is 16.2 Å². The molecule has 0 fully saturated rings. The zero-order valence-electron chi connectivity index (χ0n) is 5.72. The summed E-state index contributed by atoms with van der Waals surface area (Å²) in [6, 6.07) is 0. The van der Waals surface area contributed by atoms with Crippen LogP contribution in [0, 0.1) is 0 Å². The van der Waals surface area contributed by atoms with Crippen LogP contribution in [0.5, 0.6) is 5.88 Å². The van der Waals surface area contributed by atoms with Crippen LogP contribution in [-0.4, -0.2) is 16.6 Å². The number of hydrogen-bond donors (Lipinski definition) is 3. The molecule has 1 aromatic rings. The molecule has 5 nitrogen and oxygen atoms in total. The fourth-order valence-corrected chi connectivity index (χ4v) is 0.636. The highest BCUT2D eigenvalue weighted by molar-refractivity contribution is 5.46. The molecular formula is C5H10N4O. The maximum absolute atomic E-state index is 5.40. The first-order valence-corrected chi connectivity index (χ1v) is 2.97. The van der Waals surface area contributed by atoms with Crippen molar-refractivity contribution in [2.24, 2.45) is 0 Å². The van der Waals surface area contributed by atoms with Gasteiger partial charge in [0.15, 0.2) is 5.82 Å². The largest absolute Gasteiger partial charge is 0.475 e. The Hall–Kier alpha value is -1.39. The van der Waals surface area contributed by atoms with Gasteiger partial charge in [-0.3, -0.25) is 0 Å². The monoisotopic (exact) mass is 142 g/mol. The van der Waals surface area contributed by atoms with Crippen LogP contribution in [0.25, 0.3) is 0 Å². The third-order valence-corrected chi connectivity index (χ3v) is 0.996. The van der Waals surface area contributed by atoms with Crippen molar-refractivity contribution < 1.29 is 4.74 Å². The highest BCUT2D eigenvalue weighted by Gasteiger charge is 2.03. The van der Waals surface area contributed by atoms with Crippen LogP contribution in [0.2, 0.25) is 0 Å². The molecule has 1 heterocycles. The molecule has 1 aromatic heterocycles. The molecule has 5 heteroatoms. The fraction of sp³-hybridized carbons (Fsp3) is 0.400. The van der Waals surface area contributed by atoms with E-state index in [1.807, 2.05) is 6.92 Å². The standard InChI is InChI=1S/C5H10N4O/c1-2-10-4-3(6)8-5(7)9-4/h2,6H2,1H3,(H3,7,8,9). The molecule has 0 bridgehead atoms. The number of ether oxygens (including phenoxy) is 1. The number of aromatic amines is 1. The van der Waals surface area contributed by atoms with E-state index in [0.717, 1.165) is 0 Å². The summed E-state index contributed by atoms with van der Waals surface area (Å²) in [6.07, 6.45) is 0. The minimum Gasteiger partial charge on any atom is -0.475 e. The number of imidazole rings is 1. The Bertz CT molecular complexity index is 219. The Morgan fingerprint density at radius 2 is 2.30 bits per heavy atom. The molecule has 0 saturated carbocycles. The number of nitrogen functional groups attached to an aromatic ring is 2. The predicted molar refractivity (Wildman–Crippen MR) is 38.6 cm³/mol. The van der Waals surface area contributed by atoms with Gasteiger partial charge < -0.3 is 21.2 Å². The molecule has 0 aliphatic rings.